The van der Waals surface area contributed by atoms with E-state index in [9.17, 15) is 0 Å². The lowest BCUT2D eigenvalue weighted by Gasteiger charge is -2.22. The van der Waals surface area contributed by atoms with Crippen molar-refractivity contribution >= 4 is 0 Å². The Kier molecular flexibility index (Phi) is 4.17. The van der Waals surface area contributed by atoms with Crippen molar-refractivity contribution in [3.63, 3.8) is 0 Å². The summed E-state index contributed by atoms with van der Waals surface area (Å²) in [6.45, 7) is 9.35. The van der Waals surface area contributed by atoms with E-state index in [1.54, 1.807) is 0 Å². The molecule has 2 rings (SSSR count). The highest BCUT2D eigenvalue weighted by molar-refractivity contribution is 5.16. The monoisotopic (exact) mass is 249 g/mol. The minimum absolute atomic E-state index is 0.0422. The van der Waals surface area contributed by atoms with Crippen LogP contribution in [0.5, 0.6) is 5.88 Å². The Morgan fingerprint density at radius 2 is 1.94 bits per heavy atom. The van der Waals surface area contributed by atoms with Crippen molar-refractivity contribution in [3.8, 4) is 5.88 Å². The molecule has 0 bridgehead atoms. The summed E-state index contributed by atoms with van der Waals surface area (Å²) in [7, 11) is 0. The van der Waals surface area contributed by atoms with Crippen LogP contribution in [0.25, 0.3) is 0 Å². The lowest BCUT2D eigenvalue weighted by Crippen LogP contribution is -2.30. The quantitative estimate of drug-likeness (QED) is 0.891. The number of nitrogens with one attached hydrogen (secondary N) is 1. The summed E-state index contributed by atoms with van der Waals surface area (Å²) in [5.74, 6) is 1.29. The molecule has 18 heavy (non-hydrogen) atoms. The fourth-order valence-electron chi connectivity index (χ4n) is 2.05. The molecule has 1 N–H and O–H groups in total. The maximum atomic E-state index is 5.71. The van der Waals surface area contributed by atoms with Crippen LogP contribution >= 0.6 is 0 Å². The van der Waals surface area contributed by atoms with Crippen molar-refractivity contribution in [2.75, 3.05) is 19.7 Å². The molecule has 0 radical (unpaired) electrons. The number of aromatic nitrogens is 2. The second-order valence-electron chi connectivity index (χ2n) is 6.01. The van der Waals surface area contributed by atoms with Gasteiger partial charge < -0.3 is 10.1 Å². The third kappa shape index (κ3) is 3.67. The molecule has 1 aliphatic heterocycles. The predicted molar refractivity (Wildman–Crippen MR) is 71.8 cm³/mol. The molecule has 4 heteroatoms. The molecule has 1 aromatic rings. The van der Waals surface area contributed by atoms with Crippen LogP contribution in [0.15, 0.2) is 12.1 Å². The molecular formula is C14H23N3O. The fraction of sp³-hybridized carbons (Fsp3) is 0.714. The number of hydrogen-bond donors (Lipinski definition) is 1. The maximum absolute atomic E-state index is 5.71. The Morgan fingerprint density at radius 3 is 2.50 bits per heavy atom. The lowest BCUT2D eigenvalue weighted by molar-refractivity contribution is 0.207. The van der Waals surface area contributed by atoms with E-state index in [4.69, 9.17) is 4.74 Å². The van der Waals surface area contributed by atoms with Gasteiger partial charge in [-0.3, -0.25) is 0 Å². The van der Waals surface area contributed by atoms with Crippen molar-refractivity contribution in [1.29, 1.82) is 0 Å². The van der Waals surface area contributed by atoms with Crippen LogP contribution in [0.2, 0.25) is 0 Å². The molecule has 1 saturated heterocycles. The molecule has 4 nitrogen and oxygen atoms in total. The number of rotatable bonds is 3. The average molecular weight is 249 g/mol. The number of ether oxygens (including phenoxy) is 1. The molecule has 1 aromatic heterocycles. The van der Waals surface area contributed by atoms with Gasteiger partial charge in [0.05, 0.1) is 12.3 Å². The molecule has 1 aliphatic rings. The number of hydrogen-bond acceptors (Lipinski definition) is 4. The third-order valence-corrected chi connectivity index (χ3v) is 3.33. The first kappa shape index (κ1) is 13.3. The van der Waals surface area contributed by atoms with Gasteiger partial charge in [-0.15, -0.1) is 5.10 Å². The molecule has 1 fully saturated rings. The SMILES string of the molecule is CC(C)(C)c1ccc(OCC2CCNCC2)nn1. The van der Waals surface area contributed by atoms with Crippen LogP contribution in [-0.2, 0) is 5.41 Å². The summed E-state index contributed by atoms with van der Waals surface area (Å²) in [5.41, 5.74) is 1.04. The molecule has 100 valence electrons. The van der Waals surface area contributed by atoms with E-state index < -0.39 is 0 Å². The minimum Gasteiger partial charge on any atom is -0.476 e. The van der Waals surface area contributed by atoms with Crippen LogP contribution in [0.3, 0.4) is 0 Å². The van der Waals surface area contributed by atoms with E-state index in [-0.39, 0.29) is 5.41 Å². The maximum Gasteiger partial charge on any atom is 0.233 e. The van der Waals surface area contributed by atoms with Crippen LogP contribution < -0.4 is 10.1 Å². The van der Waals surface area contributed by atoms with E-state index >= 15 is 0 Å². The van der Waals surface area contributed by atoms with E-state index in [0.717, 1.165) is 25.4 Å². The highest BCUT2D eigenvalue weighted by Gasteiger charge is 2.17. The smallest absolute Gasteiger partial charge is 0.233 e. The summed E-state index contributed by atoms with van der Waals surface area (Å²) in [6, 6.07) is 3.93. The molecular weight excluding hydrogens is 226 g/mol. The van der Waals surface area contributed by atoms with Gasteiger partial charge in [0, 0.05) is 11.5 Å². The first-order valence-corrected chi connectivity index (χ1v) is 6.73. The van der Waals surface area contributed by atoms with Gasteiger partial charge in [0.2, 0.25) is 5.88 Å². The summed E-state index contributed by atoms with van der Waals surface area (Å²) in [6.07, 6.45) is 2.38. The normalized spacial score (nSPS) is 17.7. The molecule has 0 saturated carbocycles. The van der Waals surface area contributed by atoms with Gasteiger partial charge in [0.25, 0.3) is 0 Å². The topological polar surface area (TPSA) is 47.0 Å². The Hall–Kier alpha value is -1.16. The second-order valence-corrected chi connectivity index (χ2v) is 6.01. The largest absolute Gasteiger partial charge is 0.476 e. The van der Waals surface area contributed by atoms with Crippen molar-refractivity contribution in [1.82, 2.24) is 15.5 Å². The highest BCUT2D eigenvalue weighted by Crippen LogP contribution is 2.20. The first-order valence-electron chi connectivity index (χ1n) is 6.73. The van der Waals surface area contributed by atoms with E-state index in [0.29, 0.717) is 11.8 Å². The summed E-state index contributed by atoms with van der Waals surface area (Å²) < 4.78 is 5.71. The molecule has 0 aromatic carbocycles. The number of piperidine rings is 1. The summed E-state index contributed by atoms with van der Waals surface area (Å²) in [4.78, 5) is 0. The zero-order valence-electron chi connectivity index (χ0n) is 11.6. The van der Waals surface area contributed by atoms with Gasteiger partial charge >= 0.3 is 0 Å². The second kappa shape index (κ2) is 5.65. The van der Waals surface area contributed by atoms with Crippen LogP contribution in [-0.4, -0.2) is 29.9 Å². The summed E-state index contributed by atoms with van der Waals surface area (Å²) >= 11 is 0. The van der Waals surface area contributed by atoms with Gasteiger partial charge in [0.1, 0.15) is 0 Å². The minimum atomic E-state index is 0.0422. The Morgan fingerprint density at radius 1 is 1.22 bits per heavy atom. The molecule has 0 atom stereocenters. The Bertz CT molecular complexity index is 364. The zero-order valence-corrected chi connectivity index (χ0v) is 11.6. The average Bonchev–Trinajstić information content (AvgIpc) is 2.37. The fourth-order valence-corrected chi connectivity index (χ4v) is 2.05. The van der Waals surface area contributed by atoms with Gasteiger partial charge in [-0.2, -0.15) is 5.10 Å². The van der Waals surface area contributed by atoms with Gasteiger partial charge in [-0.1, -0.05) is 20.8 Å². The molecule has 0 unspecified atom stereocenters. The van der Waals surface area contributed by atoms with Crippen molar-refractivity contribution in [2.24, 2.45) is 5.92 Å². The third-order valence-electron chi connectivity index (χ3n) is 3.33. The van der Waals surface area contributed by atoms with Crippen molar-refractivity contribution in [3.05, 3.63) is 17.8 Å². The van der Waals surface area contributed by atoms with Gasteiger partial charge in [-0.05, 0) is 37.9 Å². The summed E-state index contributed by atoms with van der Waals surface area (Å²) in [5, 5.41) is 11.7. The molecule has 2 heterocycles. The highest BCUT2D eigenvalue weighted by atomic mass is 16.5. The molecule has 0 aliphatic carbocycles. The predicted octanol–water partition coefficient (Wildman–Crippen LogP) is 2.15. The van der Waals surface area contributed by atoms with E-state index in [2.05, 4.69) is 36.3 Å². The molecule has 0 amide bonds. The van der Waals surface area contributed by atoms with Crippen LogP contribution in [0.1, 0.15) is 39.3 Å². The van der Waals surface area contributed by atoms with Gasteiger partial charge in [-0.25, -0.2) is 0 Å². The van der Waals surface area contributed by atoms with E-state index in [1.807, 2.05) is 12.1 Å². The van der Waals surface area contributed by atoms with Crippen molar-refractivity contribution < 1.29 is 4.74 Å². The Labute approximate surface area is 109 Å². The van der Waals surface area contributed by atoms with Crippen LogP contribution in [0, 0.1) is 5.92 Å². The Balaban J connectivity index is 1.86. The van der Waals surface area contributed by atoms with Crippen molar-refractivity contribution in [2.45, 2.75) is 39.0 Å². The molecule has 0 spiro atoms. The standard InChI is InChI=1S/C14H23N3O/c1-14(2,3)12-4-5-13(17-16-12)18-10-11-6-8-15-9-7-11/h4-5,11,15H,6-10H2,1-3H3. The van der Waals surface area contributed by atoms with E-state index in [1.165, 1.54) is 12.8 Å². The first-order chi connectivity index (χ1) is 8.55. The van der Waals surface area contributed by atoms with Gasteiger partial charge in [0.15, 0.2) is 0 Å². The lowest BCUT2D eigenvalue weighted by atomic mass is 9.92. The number of nitrogens with zero attached hydrogens (tertiary/aromatic N) is 2. The van der Waals surface area contributed by atoms with Crippen LogP contribution in [0.4, 0.5) is 0 Å². The zero-order chi connectivity index (χ0) is 13.0.